The molecule has 0 fully saturated rings. The summed E-state index contributed by atoms with van der Waals surface area (Å²) < 4.78 is 0. The first-order valence-corrected chi connectivity index (χ1v) is 6.48. The van der Waals surface area contributed by atoms with Crippen molar-refractivity contribution in [1.82, 2.24) is 10.3 Å². The SMILES string of the molecule is CC(CCc1cncs1)CNC(C)(C)C. The number of nitrogens with one attached hydrogen (secondary N) is 1. The van der Waals surface area contributed by atoms with Gasteiger partial charge in [0, 0.05) is 16.6 Å². The Kier molecular flexibility index (Phi) is 4.74. The van der Waals surface area contributed by atoms with Crippen LogP contribution in [-0.2, 0) is 6.42 Å². The maximum absolute atomic E-state index is 4.09. The van der Waals surface area contributed by atoms with Gasteiger partial charge < -0.3 is 5.32 Å². The summed E-state index contributed by atoms with van der Waals surface area (Å²) in [6.45, 7) is 10.0. The maximum atomic E-state index is 4.09. The molecule has 0 saturated carbocycles. The molecule has 1 rings (SSSR count). The van der Waals surface area contributed by atoms with Crippen molar-refractivity contribution in [2.24, 2.45) is 5.92 Å². The molecular weight excluding hydrogens is 204 g/mol. The summed E-state index contributed by atoms with van der Waals surface area (Å²) in [6.07, 6.45) is 4.39. The van der Waals surface area contributed by atoms with Gasteiger partial charge in [0.1, 0.15) is 0 Å². The van der Waals surface area contributed by atoms with Gasteiger partial charge in [-0.15, -0.1) is 11.3 Å². The summed E-state index contributed by atoms with van der Waals surface area (Å²) in [4.78, 5) is 5.49. The van der Waals surface area contributed by atoms with Crippen molar-refractivity contribution in [2.45, 2.75) is 46.1 Å². The minimum atomic E-state index is 0.235. The van der Waals surface area contributed by atoms with E-state index >= 15 is 0 Å². The first-order chi connectivity index (χ1) is 6.97. The Bertz CT molecular complexity index is 262. The molecule has 86 valence electrons. The third kappa shape index (κ3) is 5.90. The van der Waals surface area contributed by atoms with Crippen molar-refractivity contribution in [2.75, 3.05) is 6.54 Å². The Morgan fingerprint density at radius 2 is 2.20 bits per heavy atom. The molecule has 0 bridgehead atoms. The van der Waals surface area contributed by atoms with Crippen LogP contribution in [0.25, 0.3) is 0 Å². The van der Waals surface area contributed by atoms with Crippen LogP contribution < -0.4 is 5.32 Å². The van der Waals surface area contributed by atoms with Crippen LogP contribution >= 0.6 is 11.3 Å². The molecular formula is C12H22N2S. The Balaban J connectivity index is 2.16. The lowest BCUT2D eigenvalue weighted by atomic mass is 10.0. The van der Waals surface area contributed by atoms with Gasteiger partial charge in [0.25, 0.3) is 0 Å². The Hall–Kier alpha value is -0.410. The molecule has 1 aromatic rings. The Labute approximate surface area is 97.1 Å². The van der Waals surface area contributed by atoms with Crippen molar-refractivity contribution >= 4 is 11.3 Å². The topological polar surface area (TPSA) is 24.9 Å². The van der Waals surface area contributed by atoms with E-state index in [0.717, 1.165) is 18.9 Å². The van der Waals surface area contributed by atoms with Gasteiger partial charge in [0.05, 0.1) is 5.51 Å². The van der Waals surface area contributed by atoms with Gasteiger partial charge in [-0.05, 0) is 46.1 Å². The zero-order valence-corrected chi connectivity index (χ0v) is 11.0. The van der Waals surface area contributed by atoms with Gasteiger partial charge >= 0.3 is 0 Å². The minimum absolute atomic E-state index is 0.235. The monoisotopic (exact) mass is 226 g/mol. The molecule has 1 N–H and O–H groups in total. The van der Waals surface area contributed by atoms with Crippen LogP contribution in [0.3, 0.4) is 0 Å². The van der Waals surface area contributed by atoms with Crippen LogP contribution in [0, 0.1) is 5.92 Å². The summed E-state index contributed by atoms with van der Waals surface area (Å²) in [7, 11) is 0. The standard InChI is InChI=1S/C12H22N2S/c1-10(7-14-12(2,3)4)5-6-11-8-13-9-15-11/h8-10,14H,5-7H2,1-4H3. The highest BCUT2D eigenvalue weighted by Crippen LogP contribution is 2.13. The number of aryl methyl sites for hydroxylation is 1. The van der Waals surface area contributed by atoms with E-state index in [1.54, 1.807) is 11.3 Å². The lowest BCUT2D eigenvalue weighted by Gasteiger charge is -2.23. The van der Waals surface area contributed by atoms with Gasteiger partial charge in [-0.1, -0.05) is 6.92 Å². The molecule has 0 aliphatic carbocycles. The van der Waals surface area contributed by atoms with Gasteiger partial charge in [0.2, 0.25) is 0 Å². The van der Waals surface area contributed by atoms with Crippen molar-refractivity contribution < 1.29 is 0 Å². The highest BCUT2D eigenvalue weighted by Gasteiger charge is 2.11. The molecule has 0 aliphatic heterocycles. The lowest BCUT2D eigenvalue weighted by Crippen LogP contribution is -2.38. The van der Waals surface area contributed by atoms with Crippen LogP contribution in [-0.4, -0.2) is 17.1 Å². The molecule has 0 spiro atoms. The second-order valence-electron chi connectivity index (χ2n) is 5.24. The Morgan fingerprint density at radius 1 is 1.47 bits per heavy atom. The second kappa shape index (κ2) is 5.61. The number of hydrogen-bond donors (Lipinski definition) is 1. The normalized spacial score (nSPS) is 14.1. The van der Waals surface area contributed by atoms with E-state index in [9.17, 15) is 0 Å². The summed E-state index contributed by atoms with van der Waals surface area (Å²) in [5.74, 6) is 0.728. The van der Waals surface area contributed by atoms with Crippen LogP contribution in [0.4, 0.5) is 0 Å². The molecule has 1 aromatic heterocycles. The molecule has 15 heavy (non-hydrogen) atoms. The quantitative estimate of drug-likeness (QED) is 0.834. The number of aromatic nitrogens is 1. The van der Waals surface area contributed by atoms with Gasteiger partial charge in [0.15, 0.2) is 0 Å². The van der Waals surface area contributed by atoms with Gasteiger partial charge in [-0.25, -0.2) is 0 Å². The third-order valence-electron chi connectivity index (χ3n) is 2.35. The van der Waals surface area contributed by atoms with Crippen LogP contribution in [0.2, 0.25) is 0 Å². The lowest BCUT2D eigenvalue weighted by molar-refractivity contribution is 0.373. The largest absolute Gasteiger partial charge is 0.312 e. The van der Waals surface area contributed by atoms with E-state index in [1.807, 2.05) is 11.7 Å². The van der Waals surface area contributed by atoms with E-state index in [4.69, 9.17) is 0 Å². The minimum Gasteiger partial charge on any atom is -0.312 e. The van der Waals surface area contributed by atoms with Crippen molar-refractivity contribution in [1.29, 1.82) is 0 Å². The fraction of sp³-hybridized carbons (Fsp3) is 0.750. The Morgan fingerprint density at radius 3 is 2.73 bits per heavy atom. The molecule has 0 amide bonds. The third-order valence-corrected chi connectivity index (χ3v) is 3.19. The van der Waals surface area contributed by atoms with Gasteiger partial charge in [-0.2, -0.15) is 0 Å². The van der Waals surface area contributed by atoms with E-state index < -0.39 is 0 Å². The molecule has 0 aromatic carbocycles. The first-order valence-electron chi connectivity index (χ1n) is 5.60. The molecule has 1 unspecified atom stereocenters. The van der Waals surface area contributed by atoms with Crippen molar-refractivity contribution in [3.8, 4) is 0 Å². The highest BCUT2D eigenvalue weighted by molar-refractivity contribution is 7.09. The first kappa shape index (κ1) is 12.7. The predicted octanol–water partition coefficient (Wildman–Crippen LogP) is 3.10. The number of thiazole rings is 1. The average molecular weight is 226 g/mol. The predicted molar refractivity (Wildman–Crippen MR) is 67.4 cm³/mol. The summed E-state index contributed by atoms with van der Waals surface area (Å²) in [5.41, 5.74) is 2.14. The summed E-state index contributed by atoms with van der Waals surface area (Å²) >= 11 is 1.76. The number of nitrogens with zero attached hydrogens (tertiary/aromatic N) is 1. The molecule has 1 heterocycles. The molecule has 0 saturated heterocycles. The average Bonchev–Trinajstić information content (AvgIpc) is 2.62. The van der Waals surface area contributed by atoms with Crippen LogP contribution in [0.5, 0.6) is 0 Å². The zero-order chi connectivity index (χ0) is 11.3. The van der Waals surface area contributed by atoms with Crippen molar-refractivity contribution in [3.63, 3.8) is 0 Å². The second-order valence-corrected chi connectivity index (χ2v) is 6.21. The fourth-order valence-corrected chi connectivity index (χ4v) is 1.95. The molecule has 0 radical (unpaired) electrons. The van der Waals surface area contributed by atoms with Gasteiger partial charge in [-0.3, -0.25) is 4.98 Å². The summed E-state index contributed by atoms with van der Waals surface area (Å²) in [5, 5.41) is 3.54. The van der Waals surface area contributed by atoms with E-state index in [1.165, 1.54) is 11.3 Å². The maximum Gasteiger partial charge on any atom is 0.0794 e. The number of rotatable bonds is 5. The van der Waals surface area contributed by atoms with E-state index in [2.05, 4.69) is 38.0 Å². The molecule has 0 aliphatic rings. The zero-order valence-electron chi connectivity index (χ0n) is 10.2. The summed E-state index contributed by atoms with van der Waals surface area (Å²) in [6, 6.07) is 0. The van der Waals surface area contributed by atoms with Crippen LogP contribution in [0.1, 0.15) is 39.0 Å². The van der Waals surface area contributed by atoms with Crippen LogP contribution in [0.15, 0.2) is 11.7 Å². The number of hydrogen-bond acceptors (Lipinski definition) is 3. The van der Waals surface area contributed by atoms with Crippen molar-refractivity contribution in [3.05, 3.63) is 16.6 Å². The van der Waals surface area contributed by atoms with E-state index in [0.29, 0.717) is 0 Å². The highest BCUT2D eigenvalue weighted by atomic mass is 32.1. The molecule has 3 heteroatoms. The fourth-order valence-electron chi connectivity index (χ4n) is 1.34. The van der Waals surface area contributed by atoms with E-state index in [-0.39, 0.29) is 5.54 Å². The molecule has 2 nitrogen and oxygen atoms in total. The smallest absolute Gasteiger partial charge is 0.0794 e. The molecule has 1 atom stereocenters.